The molecule has 0 spiro atoms. The van der Waals surface area contributed by atoms with Crippen LogP contribution in [0.5, 0.6) is 0 Å². The first-order valence-corrected chi connectivity index (χ1v) is 6.60. The minimum atomic E-state index is -1.17. The molecule has 0 heterocycles. The lowest BCUT2D eigenvalue weighted by atomic mass is 10.2. The molecule has 1 aromatic carbocycles. The van der Waals surface area contributed by atoms with Gasteiger partial charge in [-0.3, -0.25) is 4.79 Å². The molecule has 0 aliphatic heterocycles. The molecule has 0 unspecified atom stereocenters. The highest BCUT2D eigenvalue weighted by Gasteiger charge is 2.18. The van der Waals surface area contributed by atoms with E-state index in [4.69, 9.17) is 9.84 Å². The van der Waals surface area contributed by atoms with Gasteiger partial charge in [0.2, 0.25) is 5.91 Å². The van der Waals surface area contributed by atoms with Crippen LogP contribution in [0.1, 0.15) is 12.0 Å². The number of aliphatic carboxylic acids is 1. The molecule has 2 amide bonds. The predicted molar refractivity (Wildman–Crippen MR) is 79.0 cm³/mol. The second-order valence-electron chi connectivity index (χ2n) is 4.40. The van der Waals surface area contributed by atoms with Crippen LogP contribution in [0.4, 0.5) is 4.79 Å². The summed E-state index contributed by atoms with van der Waals surface area (Å²) in [6, 6.07) is 8.01. The quantitative estimate of drug-likeness (QED) is 0.623. The fourth-order valence-corrected chi connectivity index (χ4v) is 1.56. The number of carbonyl (C=O) groups is 3. The summed E-state index contributed by atoms with van der Waals surface area (Å²) in [7, 11) is 0. The van der Waals surface area contributed by atoms with E-state index >= 15 is 0 Å². The minimum Gasteiger partial charge on any atom is -0.480 e. The van der Waals surface area contributed by atoms with E-state index in [0.717, 1.165) is 5.56 Å². The topological polar surface area (TPSA) is 105 Å². The smallest absolute Gasteiger partial charge is 0.407 e. The molecule has 1 aromatic rings. The molecule has 7 nitrogen and oxygen atoms in total. The summed E-state index contributed by atoms with van der Waals surface area (Å²) >= 11 is 0. The maximum Gasteiger partial charge on any atom is 0.407 e. The fraction of sp³-hybridized carbons (Fsp3) is 0.267. The van der Waals surface area contributed by atoms with Crippen LogP contribution < -0.4 is 10.6 Å². The Hall–Kier alpha value is -2.83. The van der Waals surface area contributed by atoms with E-state index in [1.165, 1.54) is 6.08 Å². The van der Waals surface area contributed by atoms with Crippen LogP contribution in [0.15, 0.2) is 43.0 Å². The zero-order valence-corrected chi connectivity index (χ0v) is 12.0. The van der Waals surface area contributed by atoms with Crippen LogP contribution in [0.3, 0.4) is 0 Å². The SMILES string of the molecule is C=CC[C@@H](NC(=O)CNC(=O)OCc1ccccc1)C(=O)O. The van der Waals surface area contributed by atoms with Gasteiger partial charge in [-0.1, -0.05) is 36.4 Å². The Morgan fingerprint density at radius 3 is 2.55 bits per heavy atom. The molecule has 1 rings (SSSR count). The molecule has 1 atom stereocenters. The molecule has 22 heavy (non-hydrogen) atoms. The average Bonchev–Trinajstić information content (AvgIpc) is 2.51. The van der Waals surface area contributed by atoms with Crippen LogP contribution in [-0.2, 0) is 20.9 Å². The zero-order chi connectivity index (χ0) is 16.4. The van der Waals surface area contributed by atoms with E-state index in [2.05, 4.69) is 17.2 Å². The molecule has 3 N–H and O–H groups in total. The first-order valence-electron chi connectivity index (χ1n) is 6.60. The van der Waals surface area contributed by atoms with E-state index in [1.807, 2.05) is 18.2 Å². The van der Waals surface area contributed by atoms with Gasteiger partial charge < -0.3 is 20.5 Å². The fourth-order valence-electron chi connectivity index (χ4n) is 1.56. The van der Waals surface area contributed by atoms with Gasteiger partial charge >= 0.3 is 12.1 Å². The lowest BCUT2D eigenvalue weighted by Gasteiger charge is -2.13. The van der Waals surface area contributed by atoms with Crippen molar-refractivity contribution >= 4 is 18.0 Å². The monoisotopic (exact) mass is 306 g/mol. The van der Waals surface area contributed by atoms with Crippen LogP contribution >= 0.6 is 0 Å². The standard InChI is InChI=1S/C15H18N2O5/c1-2-6-12(14(19)20)17-13(18)9-16-15(21)22-10-11-7-4-3-5-8-11/h2-5,7-8,12H,1,6,9-10H2,(H,16,21)(H,17,18)(H,19,20)/t12-/m1/s1. The van der Waals surface area contributed by atoms with Crippen molar-refractivity contribution in [3.8, 4) is 0 Å². The summed E-state index contributed by atoms with van der Waals surface area (Å²) in [5, 5.41) is 13.4. The number of carboxylic acids is 1. The molecule has 0 aliphatic rings. The average molecular weight is 306 g/mol. The highest BCUT2D eigenvalue weighted by atomic mass is 16.5. The Bertz CT molecular complexity index is 530. The van der Waals surface area contributed by atoms with Crippen molar-refractivity contribution in [1.82, 2.24) is 10.6 Å². The highest BCUT2D eigenvalue weighted by Crippen LogP contribution is 2.00. The summed E-state index contributed by atoms with van der Waals surface area (Å²) in [5.41, 5.74) is 0.819. The number of benzene rings is 1. The summed E-state index contributed by atoms with van der Waals surface area (Å²) < 4.78 is 4.92. The summed E-state index contributed by atoms with van der Waals surface area (Å²) in [6.45, 7) is 3.13. The normalized spacial score (nSPS) is 11.1. The molecule has 0 bridgehead atoms. The molecule has 0 saturated carbocycles. The molecule has 0 saturated heterocycles. The number of rotatable bonds is 8. The van der Waals surface area contributed by atoms with Crippen molar-refractivity contribution in [2.45, 2.75) is 19.1 Å². The largest absolute Gasteiger partial charge is 0.480 e. The number of amides is 2. The van der Waals surface area contributed by atoms with Gasteiger partial charge in [0.05, 0.1) is 0 Å². The van der Waals surface area contributed by atoms with Crippen molar-refractivity contribution in [1.29, 1.82) is 0 Å². The number of alkyl carbamates (subject to hydrolysis) is 1. The van der Waals surface area contributed by atoms with Crippen LogP contribution in [0.25, 0.3) is 0 Å². The molecule has 7 heteroatoms. The van der Waals surface area contributed by atoms with Gasteiger partial charge in [0.25, 0.3) is 0 Å². The van der Waals surface area contributed by atoms with Crippen LogP contribution in [-0.4, -0.2) is 35.7 Å². The third-order valence-electron chi connectivity index (χ3n) is 2.64. The molecule has 0 aromatic heterocycles. The number of carboxylic acid groups (broad SMARTS) is 1. The van der Waals surface area contributed by atoms with E-state index in [-0.39, 0.29) is 19.6 Å². The maximum atomic E-state index is 11.5. The van der Waals surface area contributed by atoms with Gasteiger partial charge in [-0.25, -0.2) is 9.59 Å². The lowest BCUT2D eigenvalue weighted by Crippen LogP contribution is -2.45. The predicted octanol–water partition coefficient (Wildman–Crippen LogP) is 1.06. The number of hydrogen-bond acceptors (Lipinski definition) is 4. The number of carbonyl (C=O) groups excluding carboxylic acids is 2. The number of hydrogen-bond donors (Lipinski definition) is 3. The van der Waals surface area contributed by atoms with E-state index in [1.54, 1.807) is 12.1 Å². The van der Waals surface area contributed by atoms with Gasteiger partial charge in [-0.2, -0.15) is 0 Å². The van der Waals surface area contributed by atoms with E-state index < -0.39 is 24.0 Å². The first-order chi connectivity index (χ1) is 10.5. The van der Waals surface area contributed by atoms with Crippen LogP contribution in [0.2, 0.25) is 0 Å². The van der Waals surface area contributed by atoms with Crippen molar-refractivity contribution in [2.75, 3.05) is 6.54 Å². The third kappa shape index (κ3) is 6.56. The Morgan fingerprint density at radius 1 is 1.27 bits per heavy atom. The Kier molecular flexibility index (Phi) is 7.18. The highest BCUT2D eigenvalue weighted by molar-refractivity contribution is 5.86. The zero-order valence-electron chi connectivity index (χ0n) is 12.0. The summed E-state index contributed by atoms with van der Waals surface area (Å²) in [4.78, 5) is 33.8. The van der Waals surface area contributed by atoms with E-state index in [0.29, 0.717) is 0 Å². The van der Waals surface area contributed by atoms with Gasteiger partial charge in [0.1, 0.15) is 19.2 Å². The van der Waals surface area contributed by atoms with E-state index in [9.17, 15) is 14.4 Å². The summed E-state index contributed by atoms with van der Waals surface area (Å²) in [5.74, 6) is -1.79. The second-order valence-corrected chi connectivity index (χ2v) is 4.40. The Balaban J connectivity index is 2.29. The second kappa shape index (κ2) is 9.17. The van der Waals surface area contributed by atoms with Crippen molar-refractivity contribution in [3.05, 3.63) is 48.6 Å². The van der Waals surface area contributed by atoms with Crippen LogP contribution in [0, 0.1) is 0 Å². The number of ether oxygens (including phenoxy) is 1. The van der Waals surface area contributed by atoms with Gasteiger partial charge in [0.15, 0.2) is 0 Å². The lowest BCUT2D eigenvalue weighted by molar-refractivity contribution is -0.141. The minimum absolute atomic E-state index is 0.0858. The van der Waals surface area contributed by atoms with Gasteiger partial charge in [0, 0.05) is 0 Å². The molecule has 118 valence electrons. The molecular weight excluding hydrogens is 288 g/mol. The van der Waals surface area contributed by atoms with Crippen molar-refractivity contribution in [3.63, 3.8) is 0 Å². The molecule has 0 fully saturated rings. The van der Waals surface area contributed by atoms with Gasteiger partial charge in [-0.05, 0) is 12.0 Å². The van der Waals surface area contributed by atoms with Gasteiger partial charge in [-0.15, -0.1) is 6.58 Å². The molecular formula is C15H18N2O5. The van der Waals surface area contributed by atoms with Crippen molar-refractivity contribution < 1.29 is 24.2 Å². The Labute approximate surface area is 128 Å². The first kappa shape index (κ1) is 17.2. The Morgan fingerprint density at radius 2 is 1.95 bits per heavy atom. The summed E-state index contributed by atoms with van der Waals surface area (Å²) in [6.07, 6.45) is 0.731. The van der Waals surface area contributed by atoms with Crippen molar-refractivity contribution in [2.24, 2.45) is 0 Å². The maximum absolute atomic E-state index is 11.5. The third-order valence-corrected chi connectivity index (χ3v) is 2.64. The number of nitrogens with one attached hydrogen (secondary N) is 2. The molecule has 0 aliphatic carbocycles. The molecule has 0 radical (unpaired) electrons.